The minimum Gasteiger partial charge on any atom is -0.376 e. The van der Waals surface area contributed by atoms with Crippen LogP contribution in [0.2, 0.25) is 0 Å². The van der Waals surface area contributed by atoms with E-state index in [4.69, 9.17) is 10.5 Å². The van der Waals surface area contributed by atoms with Gasteiger partial charge in [-0.2, -0.15) is 13.2 Å². The molecule has 0 unspecified atom stereocenters. The molecule has 1 aliphatic heterocycles. The lowest BCUT2D eigenvalue weighted by Gasteiger charge is -2.28. The second kappa shape index (κ2) is 5.28. The fourth-order valence-electron chi connectivity index (χ4n) is 2.20. The van der Waals surface area contributed by atoms with Gasteiger partial charge in [-0.05, 0) is 30.5 Å². The van der Waals surface area contributed by atoms with Gasteiger partial charge in [0.25, 0.3) is 0 Å². The predicted molar refractivity (Wildman–Crippen MR) is 62.2 cm³/mol. The van der Waals surface area contributed by atoms with Crippen molar-refractivity contribution < 1.29 is 17.9 Å². The van der Waals surface area contributed by atoms with Crippen molar-refractivity contribution in [1.82, 2.24) is 0 Å². The van der Waals surface area contributed by atoms with E-state index in [1.807, 2.05) is 0 Å². The molecule has 0 radical (unpaired) electrons. The molecule has 2 N–H and O–H groups in total. The molecule has 2 atom stereocenters. The van der Waals surface area contributed by atoms with Crippen LogP contribution in [0.4, 0.5) is 13.2 Å². The summed E-state index contributed by atoms with van der Waals surface area (Å²) in [6.07, 6.45) is -2.41. The SMILES string of the molecule is NC[C@@H]1CC[C@H](c2ccc(C(F)(F)F)cc2)CO1. The molecule has 100 valence electrons. The number of halogens is 3. The lowest BCUT2D eigenvalue weighted by atomic mass is 9.91. The number of benzene rings is 1. The molecule has 0 amide bonds. The lowest BCUT2D eigenvalue weighted by Crippen LogP contribution is -2.30. The maximum Gasteiger partial charge on any atom is 0.416 e. The molecule has 1 aliphatic rings. The normalized spacial score (nSPS) is 25.1. The Labute approximate surface area is 104 Å². The first kappa shape index (κ1) is 13.4. The molecule has 0 saturated carbocycles. The molecule has 2 rings (SSSR count). The van der Waals surface area contributed by atoms with Gasteiger partial charge in [0, 0.05) is 12.5 Å². The quantitative estimate of drug-likeness (QED) is 0.886. The van der Waals surface area contributed by atoms with Crippen molar-refractivity contribution >= 4 is 0 Å². The van der Waals surface area contributed by atoms with E-state index in [0.29, 0.717) is 13.2 Å². The molecular formula is C13H16F3NO. The molecule has 1 aromatic rings. The summed E-state index contributed by atoms with van der Waals surface area (Å²) in [4.78, 5) is 0. The van der Waals surface area contributed by atoms with Crippen LogP contribution in [-0.4, -0.2) is 19.3 Å². The maximum atomic E-state index is 12.4. The van der Waals surface area contributed by atoms with Crippen LogP contribution < -0.4 is 5.73 Å². The monoisotopic (exact) mass is 259 g/mol. The molecule has 5 heteroatoms. The smallest absolute Gasteiger partial charge is 0.376 e. The molecule has 1 heterocycles. The zero-order valence-corrected chi connectivity index (χ0v) is 9.91. The van der Waals surface area contributed by atoms with E-state index in [9.17, 15) is 13.2 Å². The van der Waals surface area contributed by atoms with Crippen molar-refractivity contribution in [2.24, 2.45) is 5.73 Å². The van der Waals surface area contributed by atoms with Gasteiger partial charge in [0.05, 0.1) is 18.3 Å². The Morgan fingerprint density at radius 1 is 1.17 bits per heavy atom. The Bertz CT molecular complexity index is 380. The highest BCUT2D eigenvalue weighted by Gasteiger charge is 2.30. The topological polar surface area (TPSA) is 35.2 Å². The Morgan fingerprint density at radius 3 is 2.28 bits per heavy atom. The van der Waals surface area contributed by atoms with Crippen LogP contribution in [0.5, 0.6) is 0 Å². The largest absolute Gasteiger partial charge is 0.416 e. The highest BCUT2D eigenvalue weighted by atomic mass is 19.4. The van der Waals surface area contributed by atoms with Gasteiger partial charge in [-0.15, -0.1) is 0 Å². The Kier molecular flexibility index (Phi) is 3.92. The summed E-state index contributed by atoms with van der Waals surface area (Å²) < 4.78 is 42.8. The summed E-state index contributed by atoms with van der Waals surface area (Å²) in [6, 6.07) is 5.34. The van der Waals surface area contributed by atoms with Crippen LogP contribution >= 0.6 is 0 Å². The van der Waals surface area contributed by atoms with Crippen LogP contribution in [0.15, 0.2) is 24.3 Å². The number of hydrogen-bond donors (Lipinski definition) is 1. The second-order valence-corrected chi connectivity index (χ2v) is 4.59. The van der Waals surface area contributed by atoms with Gasteiger partial charge in [0.2, 0.25) is 0 Å². The van der Waals surface area contributed by atoms with Gasteiger partial charge in [-0.1, -0.05) is 12.1 Å². The summed E-state index contributed by atoms with van der Waals surface area (Å²) in [6.45, 7) is 1.03. The number of rotatable bonds is 2. The molecule has 1 saturated heterocycles. The average Bonchev–Trinajstić information content (AvgIpc) is 2.38. The molecule has 0 aliphatic carbocycles. The summed E-state index contributed by atoms with van der Waals surface area (Å²) in [5.41, 5.74) is 5.80. The Hall–Kier alpha value is -1.07. The van der Waals surface area contributed by atoms with E-state index in [1.54, 1.807) is 12.1 Å². The highest BCUT2D eigenvalue weighted by Crippen LogP contribution is 2.32. The van der Waals surface area contributed by atoms with Crippen molar-refractivity contribution in [2.45, 2.75) is 31.0 Å². The molecule has 2 nitrogen and oxygen atoms in total. The summed E-state index contributed by atoms with van der Waals surface area (Å²) in [7, 11) is 0. The van der Waals surface area contributed by atoms with Crippen LogP contribution in [0.1, 0.15) is 29.9 Å². The van der Waals surface area contributed by atoms with Gasteiger partial charge in [0.1, 0.15) is 0 Å². The van der Waals surface area contributed by atoms with E-state index < -0.39 is 11.7 Å². The minimum absolute atomic E-state index is 0.0932. The van der Waals surface area contributed by atoms with Crippen LogP contribution in [0, 0.1) is 0 Å². The molecule has 0 spiro atoms. The maximum absolute atomic E-state index is 12.4. The molecule has 1 fully saturated rings. The first-order valence-corrected chi connectivity index (χ1v) is 5.99. The highest BCUT2D eigenvalue weighted by molar-refractivity contribution is 5.27. The zero-order valence-electron chi connectivity index (χ0n) is 9.91. The van der Waals surface area contributed by atoms with Crippen molar-refractivity contribution in [3.63, 3.8) is 0 Å². The minimum atomic E-state index is -4.27. The van der Waals surface area contributed by atoms with Gasteiger partial charge >= 0.3 is 6.18 Å². The van der Waals surface area contributed by atoms with Gasteiger partial charge < -0.3 is 10.5 Å². The van der Waals surface area contributed by atoms with Gasteiger partial charge in [-0.25, -0.2) is 0 Å². The van der Waals surface area contributed by atoms with Crippen molar-refractivity contribution in [3.8, 4) is 0 Å². The summed E-state index contributed by atoms with van der Waals surface area (Å²) in [5, 5.41) is 0. The van der Waals surface area contributed by atoms with Crippen molar-refractivity contribution in [3.05, 3.63) is 35.4 Å². The second-order valence-electron chi connectivity index (χ2n) is 4.59. The van der Waals surface area contributed by atoms with E-state index >= 15 is 0 Å². The van der Waals surface area contributed by atoms with Crippen LogP contribution in [0.25, 0.3) is 0 Å². The molecule has 0 aromatic heterocycles. The van der Waals surface area contributed by atoms with E-state index in [2.05, 4.69) is 0 Å². The predicted octanol–water partition coefficient (Wildman–Crippen LogP) is 2.93. The number of alkyl halides is 3. The Morgan fingerprint density at radius 2 is 1.83 bits per heavy atom. The lowest BCUT2D eigenvalue weighted by molar-refractivity contribution is -0.137. The standard InChI is InChI=1S/C13H16F3NO/c14-13(15,16)11-4-1-9(2-5-11)10-3-6-12(7-17)18-8-10/h1-2,4-5,10,12H,3,6-8,17H2/t10-,12-/m0/s1. The zero-order chi connectivity index (χ0) is 13.2. The molecular weight excluding hydrogens is 243 g/mol. The van der Waals surface area contributed by atoms with Gasteiger partial charge in [-0.3, -0.25) is 0 Å². The third-order valence-electron chi connectivity index (χ3n) is 3.34. The third-order valence-corrected chi connectivity index (χ3v) is 3.34. The average molecular weight is 259 g/mol. The number of ether oxygens (including phenoxy) is 1. The van der Waals surface area contributed by atoms with E-state index in [1.165, 1.54) is 0 Å². The van der Waals surface area contributed by atoms with E-state index in [-0.39, 0.29) is 12.0 Å². The fourth-order valence-corrected chi connectivity index (χ4v) is 2.20. The first-order valence-electron chi connectivity index (χ1n) is 5.99. The molecule has 1 aromatic carbocycles. The molecule has 18 heavy (non-hydrogen) atoms. The first-order chi connectivity index (χ1) is 8.50. The summed E-state index contributed by atoms with van der Waals surface area (Å²) >= 11 is 0. The van der Waals surface area contributed by atoms with Crippen LogP contribution in [0.3, 0.4) is 0 Å². The van der Waals surface area contributed by atoms with Gasteiger partial charge in [0.15, 0.2) is 0 Å². The Balaban J connectivity index is 2.02. The fraction of sp³-hybridized carbons (Fsp3) is 0.538. The van der Waals surface area contributed by atoms with Crippen molar-refractivity contribution in [1.29, 1.82) is 0 Å². The van der Waals surface area contributed by atoms with Crippen LogP contribution in [-0.2, 0) is 10.9 Å². The third kappa shape index (κ3) is 3.03. The molecule has 0 bridgehead atoms. The van der Waals surface area contributed by atoms with Crippen molar-refractivity contribution in [2.75, 3.05) is 13.2 Å². The summed E-state index contributed by atoms with van der Waals surface area (Å²) in [5.74, 6) is 0.176. The van der Waals surface area contributed by atoms with E-state index in [0.717, 1.165) is 30.5 Å². The number of hydrogen-bond acceptors (Lipinski definition) is 2. The number of nitrogens with two attached hydrogens (primary N) is 1.